The number of hydrogen-bond donors (Lipinski definition) is 6. The number of aryl methyl sites for hydroxylation is 1. The molecule has 2 aromatic carbocycles. The first-order chi connectivity index (χ1) is 22.0. The number of carbonyl (C=O) groups excluding carboxylic acids is 1. The van der Waals surface area contributed by atoms with Crippen molar-refractivity contribution in [1.29, 1.82) is 0 Å². The predicted octanol–water partition coefficient (Wildman–Crippen LogP) is 0.205. The Morgan fingerprint density at radius 3 is 2.70 bits per heavy atom. The van der Waals surface area contributed by atoms with Gasteiger partial charge >= 0.3 is 5.97 Å². The second-order valence-electron chi connectivity index (χ2n) is 11.6. The molecule has 0 aromatic heterocycles. The van der Waals surface area contributed by atoms with Crippen LogP contribution in [0.4, 0.5) is 0 Å². The molecule has 2 aliphatic heterocycles. The van der Waals surface area contributed by atoms with Gasteiger partial charge in [-0.3, -0.25) is 0 Å². The van der Waals surface area contributed by atoms with Gasteiger partial charge in [0.15, 0.2) is 24.1 Å². The van der Waals surface area contributed by atoms with E-state index < -0.39 is 73.2 Å². The highest BCUT2D eigenvalue weighted by Gasteiger charge is 2.60. The summed E-state index contributed by atoms with van der Waals surface area (Å²) in [7, 11) is 3.09. The average molecular weight is 634 g/mol. The summed E-state index contributed by atoms with van der Waals surface area (Å²) in [5.41, 5.74) is 0.151. The highest BCUT2D eigenvalue weighted by molar-refractivity contribution is 6.08. The molecule has 0 radical (unpaired) electrons. The van der Waals surface area contributed by atoms with E-state index in [0.717, 1.165) is 5.56 Å². The Morgan fingerprint density at radius 2 is 1.98 bits per heavy atom. The van der Waals surface area contributed by atoms with Gasteiger partial charge in [-0.15, -0.1) is 0 Å². The summed E-state index contributed by atoms with van der Waals surface area (Å²) < 4.78 is 29.4. The van der Waals surface area contributed by atoms with E-state index in [0.29, 0.717) is 27.7 Å². The molecule has 6 N–H and O–H groups in total. The molecule has 6 rings (SSSR count). The largest absolute Gasteiger partial charge is 0.507 e. The number of benzene rings is 2. The van der Waals surface area contributed by atoms with Crippen LogP contribution in [-0.2, 0) is 18.9 Å². The highest BCUT2D eigenvalue weighted by atomic mass is 16.7. The summed E-state index contributed by atoms with van der Waals surface area (Å²) in [6.45, 7) is 2.87. The van der Waals surface area contributed by atoms with Crippen molar-refractivity contribution in [3.8, 4) is 35.2 Å². The lowest BCUT2D eigenvalue weighted by atomic mass is 9.97. The Kier molecular flexibility index (Phi) is 8.59. The molecule has 0 amide bonds. The van der Waals surface area contributed by atoms with E-state index >= 15 is 0 Å². The Hall–Kier alpha value is -3.95. The van der Waals surface area contributed by atoms with Crippen LogP contribution in [0.15, 0.2) is 47.6 Å². The molecule has 2 saturated heterocycles. The number of aliphatic hydroxyl groups excluding tert-OH is 4. The Labute approximate surface area is 265 Å². The summed E-state index contributed by atoms with van der Waals surface area (Å²) in [6.07, 6.45) is -5.43. The maximum absolute atomic E-state index is 13.9. The fourth-order valence-corrected chi connectivity index (χ4v) is 6.11. The van der Waals surface area contributed by atoms with Crippen molar-refractivity contribution in [3.05, 3.63) is 58.7 Å². The van der Waals surface area contributed by atoms with Crippen LogP contribution in [-0.4, -0.2) is 113 Å². The van der Waals surface area contributed by atoms with Crippen molar-refractivity contribution in [1.82, 2.24) is 5.32 Å². The number of allylic oxidation sites excluding steroid dienone is 1. The number of methoxy groups -OCH3 is 1. The molecular weight excluding hydrogens is 598 g/mol. The minimum absolute atomic E-state index is 0.0777. The molecule has 4 aliphatic rings. The summed E-state index contributed by atoms with van der Waals surface area (Å²) in [5, 5.41) is 56.1. The molecule has 2 aromatic rings. The second kappa shape index (κ2) is 12.3. The molecule has 10 atom stereocenters. The van der Waals surface area contributed by atoms with Crippen molar-refractivity contribution >= 4 is 16.7 Å². The number of aliphatic hydroxyl groups is 4. The predicted molar refractivity (Wildman–Crippen MR) is 163 cm³/mol. The number of fused-ring (bicyclic) bond motifs is 3. The van der Waals surface area contributed by atoms with E-state index in [1.165, 1.54) is 19.3 Å². The van der Waals surface area contributed by atoms with E-state index in [1.54, 1.807) is 32.2 Å². The molecule has 2 aliphatic carbocycles. The van der Waals surface area contributed by atoms with Gasteiger partial charge in [0.05, 0.1) is 25.9 Å². The van der Waals surface area contributed by atoms with Gasteiger partial charge < -0.3 is 54.5 Å². The number of ether oxygens (including phenoxy) is 5. The zero-order valence-corrected chi connectivity index (χ0v) is 25.6. The first-order valence-electron chi connectivity index (χ1n) is 14.8. The molecule has 2 heterocycles. The number of carbonyl (C=O) groups is 1. The minimum atomic E-state index is -1.39. The van der Waals surface area contributed by atoms with Crippen molar-refractivity contribution < 1.29 is 54.0 Å². The summed E-state index contributed by atoms with van der Waals surface area (Å²) >= 11 is 0. The lowest BCUT2D eigenvalue weighted by Gasteiger charge is -2.42. The number of nitrogens with one attached hydrogen (secondary N) is 1. The maximum atomic E-state index is 13.9. The van der Waals surface area contributed by atoms with Crippen molar-refractivity contribution in [3.63, 3.8) is 0 Å². The van der Waals surface area contributed by atoms with Crippen LogP contribution in [0.2, 0.25) is 0 Å². The molecule has 2 fully saturated rings. The van der Waals surface area contributed by atoms with E-state index in [4.69, 9.17) is 23.7 Å². The van der Waals surface area contributed by atoms with Crippen LogP contribution < -0.4 is 10.1 Å². The second-order valence-corrected chi connectivity index (χ2v) is 11.6. The lowest BCUT2D eigenvalue weighted by molar-refractivity contribution is -0.273. The topological polar surface area (TPSA) is 180 Å². The zero-order chi connectivity index (χ0) is 32.9. The van der Waals surface area contributed by atoms with Crippen LogP contribution >= 0.6 is 0 Å². The fraction of sp³-hybridized carbons (Fsp3) is 0.441. The number of aromatic hydroxyl groups is 1. The fourth-order valence-electron chi connectivity index (χ4n) is 6.11. The number of epoxide rings is 1. The summed E-state index contributed by atoms with van der Waals surface area (Å²) in [6, 6.07) is 5.71. The molecule has 46 heavy (non-hydrogen) atoms. The minimum Gasteiger partial charge on any atom is -0.507 e. The smallest absolute Gasteiger partial charge is 0.343 e. The molecular formula is C34H35NO11. The monoisotopic (exact) mass is 633 g/mol. The molecule has 0 spiro atoms. The van der Waals surface area contributed by atoms with Gasteiger partial charge in [-0.2, -0.15) is 0 Å². The Bertz CT molecular complexity index is 1750. The highest BCUT2D eigenvalue weighted by Crippen LogP contribution is 2.41. The van der Waals surface area contributed by atoms with Crippen LogP contribution in [0, 0.1) is 30.6 Å². The van der Waals surface area contributed by atoms with Gasteiger partial charge in [-0.05, 0) is 62.2 Å². The average Bonchev–Trinajstić information content (AvgIpc) is 3.64. The van der Waals surface area contributed by atoms with Gasteiger partial charge in [0.1, 0.15) is 41.5 Å². The molecule has 12 heteroatoms. The first-order valence-corrected chi connectivity index (χ1v) is 14.8. The quantitative estimate of drug-likeness (QED) is 0.132. The van der Waals surface area contributed by atoms with Gasteiger partial charge in [0.25, 0.3) is 0 Å². The summed E-state index contributed by atoms with van der Waals surface area (Å²) in [4.78, 5) is 13.9. The molecule has 0 saturated carbocycles. The molecule has 12 nitrogen and oxygen atoms in total. The van der Waals surface area contributed by atoms with E-state index in [2.05, 4.69) is 29.0 Å². The Balaban J connectivity index is 1.40. The Morgan fingerprint density at radius 1 is 1.20 bits per heavy atom. The molecule has 0 bridgehead atoms. The number of esters is 1. The number of rotatable bonds is 8. The summed E-state index contributed by atoms with van der Waals surface area (Å²) in [5.74, 6) is 11.0. The SMILES string of the molecule is CN[C@H]1[C@@H](O[C@@H]2/C3=C/C#C[C@H]4O[C@@]4(C(O)CO)C#CC3=C[C@H]2OC(=O)c2c(O)ccc3c(C)cc(OC)cc23)O[C@H](C)[C@H](O)[C@@H]1O. The molecule has 1 unspecified atom stereocenters. The number of likely N-dealkylation sites (N-methyl/N-ethyl adjacent to an activating group) is 1. The molecule has 242 valence electrons. The van der Waals surface area contributed by atoms with Gasteiger partial charge in [-0.1, -0.05) is 29.7 Å². The van der Waals surface area contributed by atoms with E-state index in [-0.39, 0.29) is 11.3 Å². The van der Waals surface area contributed by atoms with Crippen LogP contribution in [0.5, 0.6) is 11.5 Å². The normalized spacial score (nSPS) is 34.4. The maximum Gasteiger partial charge on any atom is 0.343 e. The van der Waals surface area contributed by atoms with Gasteiger partial charge in [0, 0.05) is 16.5 Å². The van der Waals surface area contributed by atoms with Gasteiger partial charge in [-0.25, -0.2) is 4.79 Å². The van der Waals surface area contributed by atoms with E-state index in [9.17, 15) is 30.3 Å². The van der Waals surface area contributed by atoms with Crippen LogP contribution in [0.3, 0.4) is 0 Å². The van der Waals surface area contributed by atoms with Crippen molar-refractivity contribution in [2.24, 2.45) is 0 Å². The first kappa shape index (κ1) is 32.0. The third-order valence-electron chi connectivity index (χ3n) is 8.83. The lowest BCUT2D eigenvalue weighted by Crippen LogP contribution is -2.62. The zero-order valence-electron chi connectivity index (χ0n) is 25.6. The number of hydrogen-bond acceptors (Lipinski definition) is 12. The van der Waals surface area contributed by atoms with Gasteiger partial charge in [0.2, 0.25) is 0 Å². The van der Waals surface area contributed by atoms with Crippen molar-refractivity contribution in [2.75, 3.05) is 20.8 Å². The number of phenols is 1. The third-order valence-corrected chi connectivity index (χ3v) is 8.83. The van der Waals surface area contributed by atoms with Crippen LogP contribution in [0.1, 0.15) is 22.8 Å². The van der Waals surface area contributed by atoms with Crippen molar-refractivity contribution in [2.45, 2.75) is 74.5 Å². The standard InChI is InChI=1S/C34H35NO11/c1-16-12-19(42-4)14-22-20(16)8-9-23(37)27(22)32(41)44-24-13-18-10-11-34(25(38)15-36)26(46-34)7-5-6-21(18)31(24)45-33-28(35-3)30(40)29(39)17(2)43-33/h6,8-9,12-14,17,24-26,28-31,33,35-40H,15H2,1-4H3/b21-6+/t17-,24-,25?,26-,28-,29+,30-,31-,33-,34-/m1/s1. The van der Waals surface area contributed by atoms with Crippen LogP contribution in [0.25, 0.3) is 10.8 Å². The van der Waals surface area contributed by atoms with E-state index in [1.807, 2.05) is 13.0 Å². The third kappa shape index (κ3) is 5.43. The number of phenolic OH excluding ortho intramolecular Hbond substituents is 1.